The quantitative estimate of drug-likeness (QED) is 0.721. The Bertz CT molecular complexity index is 521. The molecule has 114 valence electrons. The van der Waals surface area contributed by atoms with Crippen molar-refractivity contribution in [1.29, 1.82) is 0 Å². The molecule has 0 radical (unpaired) electrons. The number of rotatable bonds is 5. The molecule has 1 aliphatic rings. The van der Waals surface area contributed by atoms with Gasteiger partial charge in [-0.3, -0.25) is 4.79 Å². The molecule has 1 fully saturated rings. The summed E-state index contributed by atoms with van der Waals surface area (Å²) in [5.41, 5.74) is 0.507. The lowest BCUT2D eigenvalue weighted by Crippen LogP contribution is -2.53. The van der Waals surface area contributed by atoms with E-state index in [-0.39, 0.29) is 11.9 Å². The van der Waals surface area contributed by atoms with Crippen molar-refractivity contribution in [2.45, 2.75) is 12.6 Å². The predicted octanol–water partition coefficient (Wildman–Crippen LogP) is 0.159. The number of benzene rings is 1. The number of hydrogen-bond donors (Lipinski definition) is 3. The molecule has 0 saturated carbocycles. The van der Waals surface area contributed by atoms with E-state index in [1.165, 1.54) is 0 Å². The third-order valence-electron chi connectivity index (χ3n) is 3.25. The van der Waals surface area contributed by atoms with E-state index in [4.69, 9.17) is 4.74 Å². The van der Waals surface area contributed by atoms with E-state index < -0.39 is 6.23 Å². The average molecular weight is 293 g/mol. The monoisotopic (exact) mass is 293 g/mol. The van der Waals surface area contributed by atoms with Crippen LogP contribution in [0.4, 0.5) is 4.79 Å². The lowest BCUT2D eigenvalue weighted by Gasteiger charge is -2.30. The summed E-state index contributed by atoms with van der Waals surface area (Å²) < 4.78 is 5.06. The van der Waals surface area contributed by atoms with Gasteiger partial charge in [0.15, 0.2) is 0 Å². The Morgan fingerprint density at radius 2 is 2.38 bits per heavy atom. The van der Waals surface area contributed by atoms with Crippen LogP contribution in [0.15, 0.2) is 24.3 Å². The number of aliphatic hydroxyl groups is 1. The summed E-state index contributed by atoms with van der Waals surface area (Å²) in [4.78, 5) is 25.1. The molecule has 0 aromatic heterocycles. The number of methoxy groups -OCH3 is 1. The van der Waals surface area contributed by atoms with Gasteiger partial charge in [0, 0.05) is 31.6 Å². The highest BCUT2D eigenvalue weighted by Crippen LogP contribution is 2.12. The van der Waals surface area contributed by atoms with Crippen LogP contribution < -0.4 is 15.4 Å². The van der Waals surface area contributed by atoms with Gasteiger partial charge in [0.25, 0.3) is 5.91 Å². The normalized spacial score (nSPS) is 18.1. The molecule has 3 amide bonds. The van der Waals surface area contributed by atoms with Gasteiger partial charge in [0.2, 0.25) is 0 Å². The first-order valence-electron chi connectivity index (χ1n) is 6.76. The Kier molecular flexibility index (Phi) is 4.99. The Morgan fingerprint density at radius 3 is 3.10 bits per heavy atom. The highest BCUT2D eigenvalue weighted by Gasteiger charge is 2.22. The van der Waals surface area contributed by atoms with Crippen LogP contribution in [0.5, 0.6) is 5.75 Å². The molecule has 0 spiro atoms. The molecule has 2 rings (SSSR count). The minimum atomic E-state index is -0.778. The molecule has 21 heavy (non-hydrogen) atoms. The first kappa shape index (κ1) is 15.1. The average Bonchev–Trinajstić information content (AvgIpc) is 2.49. The van der Waals surface area contributed by atoms with Gasteiger partial charge in [-0.1, -0.05) is 6.07 Å². The van der Waals surface area contributed by atoms with Crippen molar-refractivity contribution in [3.8, 4) is 5.75 Å². The largest absolute Gasteiger partial charge is 0.497 e. The molecule has 7 heteroatoms. The van der Waals surface area contributed by atoms with Gasteiger partial charge in [-0.05, 0) is 18.2 Å². The van der Waals surface area contributed by atoms with E-state index in [9.17, 15) is 14.7 Å². The van der Waals surface area contributed by atoms with Gasteiger partial charge in [-0.25, -0.2) is 4.79 Å². The molecular weight excluding hydrogens is 274 g/mol. The van der Waals surface area contributed by atoms with Crippen molar-refractivity contribution >= 4 is 11.9 Å². The number of carbonyl (C=O) groups is 2. The maximum Gasteiger partial charge on any atom is 0.319 e. The summed E-state index contributed by atoms with van der Waals surface area (Å²) in [7, 11) is 1.54. The molecule has 1 heterocycles. The number of hydrogen-bond acceptors (Lipinski definition) is 4. The second-order valence-corrected chi connectivity index (χ2v) is 4.73. The summed E-state index contributed by atoms with van der Waals surface area (Å²) in [5, 5.41) is 14.4. The van der Waals surface area contributed by atoms with Crippen LogP contribution in [0, 0.1) is 0 Å². The first-order chi connectivity index (χ1) is 10.1. The van der Waals surface area contributed by atoms with Gasteiger partial charge in [-0.15, -0.1) is 0 Å². The minimum absolute atomic E-state index is 0.216. The van der Waals surface area contributed by atoms with Crippen molar-refractivity contribution in [1.82, 2.24) is 15.5 Å². The predicted molar refractivity (Wildman–Crippen MR) is 76.1 cm³/mol. The summed E-state index contributed by atoms with van der Waals surface area (Å²) in [6.07, 6.45) is -0.296. The zero-order valence-electron chi connectivity index (χ0n) is 11.8. The highest BCUT2D eigenvalue weighted by atomic mass is 16.5. The third kappa shape index (κ3) is 4.09. The number of ether oxygens (including phenoxy) is 1. The van der Waals surface area contributed by atoms with Crippen LogP contribution in [-0.2, 0) is 0 Å². The number of urea groups is 1. The number of nitrogens with zero attached hydrogens (tertiary/aromatic N) is 1. The zero-order chi connectivity index (χ0) is 15.2. The number of aliphatic hydroxyl groups excluding tert-OH is 1. The van der Waals surface area contributed by atoms with E-state index in [0.717, 1.165) is 0 Å². The molecule has 1 aromatic rings. The van der Waals surface area contributed by atoms with Gasteiger partial charge in [0.05, 0.1) is 7.11 Å². The minimum Gasteiger partial charge on any atom is -0.497 e. The Hall–Kier alpha value is -2.28. The van der Waals surface area contributed by atoms with Gasteiger partial charge in [-0.2, -0.15) is 0 Å². The van der Waals surface area contributed by atoms with Crippen molar-refractivity contribution in [3.05, 3.63) is 29.8 Å². The lowest BCUT2D eigenvalue weighted by atomic mass is 10.2. The van der Waals surface area contributed by atoms with Crippen LogP contribution in [-0.4, -0.2) is 54.9 Å². The first-order valence-corrected chi connectivity index (χ1v) is 6.76. The molecule has 1 saturated heterocycles. The Morgan fingerprint density at radius 1 is 1.57 bits per heavy atom. The van der Waals surface area contributed by atoms with Crippen LogP contribution in [0.2, 0.25) is 0 Å². The van der Waals surface area contributed by atoms with Gasteiger partial charge in [0.1, 0.15) is 12.0 Å². The Balaban J connectivity index is 1.80. The molecule has 7 nitrogen and oxygen atoms in total. The lowest BCUT2D eigenvalue weighted by molar-refractivity contribution is 0.0821. The van der Waals surface area contributed by atoms with E-state index in [1.54, 1.807) is 36.3 Å². The maximum absolute atomic E-state index is 12.0. The van der Waals surface area contributed by atoms with Crippen molar-refractivity contribution < 1.29 is 19.4 Å². The third-order valence-corrected chi connectivity index (χ3v) is 3.25. The van der Waals surface area contributed by atoms with Crippen LogP contribution >= 0.6 is 0 Å². The molecule has 0 bridgehead atoms. The SMILES string of the molecule is COc1cccc(C(=O)NCCN2CCC(O)NC2=O)c1. The molecule has 1 aliphatic heterocycles. The number of amides is 3. The van der Waals surface area contributed by atoms with E-state index in [2.05, 4.69) is 10.6 Å². The van der Waals surface area contributed by atoms with Gasteiger partial charge >= 0.3 is 6.03 Å². The number of carbonyl (C=O) groups excluding carboxylic acids is 2. The summed E-state index contributed by atoms with van der Waals surface area (Å²) in [6.45, 7) is 1.22. The molecule has 3 N–H and O–H groups in total. The smallest absolute Gasteiger partial charge is 0.319 e. The maximum atomic E-state index is 12.0. The fraction of sp³-hybridized carbons (Fsp3) is 0.429. The highest BCUT2D eigenvalue weighted by molar-refractivity contribution is 5.94. The van der Waals surface area contributed by atoms with Crippen molar-refractivity contribution in [2.24, 2.45) is 0 Å². The fourth-order valence-electron chi connectivity index (χ4n) is 2.07. The van der Waals surface area contributed by atoms with Crippen LogP contribution in [0.1, 0.15) is 16.8 Å². The van der Waals surface area contributed by atoms with Crippen molar-refractivity contribution in [3.63, 3.8) is 0 Å². The standard InChI is InChI=1S/C14H19N3O4/c1-21-11-4-2-3-10(9-11)13(19)15-6-8-17-7-5-12(18)16-14(17)20/h2-4,9,12,18H,5-8H2,1H3,(H,15,19)(H,16,20). The molecule has 1 unspecified atom stereocenters. The van der Waals surface area contributed by atoms with Crippen molar-refractivity contribution in [2.75, 3.05) is 26.7 Å². The summed E-state index contributed by atoms with van der Waals surface area (Å²) >= 11 is 0. The van der Waals surface area contributed by atoms with Gasteiger partial charge < -0.3 is 25.4 Å². The second-order valence-electron chi connectivity index (χ2n) is 4.73. The van der Waals surface area contributed by atoms with Crippen LogP contribution in [0.3, 0.4) is 0 Å². The fourth-order valence-corrected chi connectivity index (χ4v) is 2.07. The molecule has 1 atom stereocenters. The number of nitrogens with one attached hydrogen (secondary N) is 2. The second kappa shape index (κ2) is 6.94. The van der Waals surface area contributed by atoms with E-state index in [0.29, 0.717) is 37.4 Å². The van der Waals surface area contributed by atoms with E-state index in [1.807, 2.05) is 0 Å². The summed E-state index contributed by atoms with van der Waals surface area (Å²) in [6, 6.07) is 6.54. The molecular formula is C14H19N3O4. The molecule has 0 aliphatic carbocycles. The topological polar surface area (TPSA) is 90.9 Å². The van der Waals surface area contributed by atoms with Crippen LogP contribution in [0.25, 0.3) is 0 Å². The molecule has 1 aromatic carbocycles. The summed E-state index contributed by atoms with van der Waals surface area (Å²) in [5.74, 6) is 0.401. The Labute approximate surface area is 122 Å². The zero-order valence-corrected chi connectivity index (χ0v) is 11.8. The van der Waals surface area contributed by atoms with E-state index >= 15 is 0 Å².